The Labute approximate surface area is 158 Å². The zero-order chi connectivity index (χ0) is 18.0. The molecule has 1 heterocycles. The van der Waals surface area contributed by atoms with Crippen LogP contribution in [0.1, 0.15) is 34.7 Å². The van der Waals surface area contributed by atoms with Gasteiger partial charge in [-0.05, 0) is 35.2 Å². The summed E-state index contributed by atoms with van der Waals surface area (Å²) in [5.41, 5.74) is 3.99. The average molecular weight is 397 g/mol. The lowest BCUT2D eigenvalue weighted by Crippen LogP contribution is -2.08. The van der Waals surface area contributed by atoms with E-state index < -0.39 is 16.3 Å². The number of fused-ring (bicyclic) bond motifs is 1. The Kier molecular flexibility index (Phi) is 5.79. The van der Waals surface area contributed by atoms with Gasteiger partial charge in [-0.3, -0.25) is 0 Å². The van der Waals surface area contributed by atoms with E-state index in [4.69, 9.17) is 23.2 Å². The molecule has 2 unspecified atom stereocenters. The van der Waals surface area contributed by atoms with Gasteiger partial charge in [0.05, 0.1) is 11.0 Å². The zero-order valence-corrected chi connectivity index (χ0v) is 16.0. The Morgan fingerprint density at radius 3 is 2.60 bits per heavy atom. The van der Waals surface area contributed by atoms with E-state index in [0.29, 0.717) is 16.5 Å². The second kappa shape index (κ2) is 7.87. The summed E-state index contributed by atoms with van der Waals surface area (Å²) in [6.45, 7) is 2.01. The second-order valence-electron chi connectivity index (χ2n) is 5.76. The third-order valence-electron chi connectivity index (χ3n) is 4.13. The van der Waals surface area contributed by atoms with E-state index in [1.54, 1.807) is 6.07 Å². The van der Waals surface area contributed by atoms with Crippen molar-refractivity contribution in [3.8, 4) is 0 Å². The van der Waals surface area contributed by atoms with Crippen LogP contribution in [0.4, 0.5) is 0 Å². The molecule has 3 rings (SSSR count). The predicted molar refractivity (Wildman–Crippen MR) is 104 cm³/mol. The number of nitrogens with one attached hydrogen (secondary N) is 1. The van der Waals surface area contributed by atoms with Gasteiger partial charge >= 0.3 is 0 Å². The Morgan fingerprint density at radius 1 is 1.28 bits per heavy atom. The minimum absolute atomic E-state index is 0.430. The van der Waals surface area contributed by atoms with Crippen LogP contribution in [0.2, 0.25) is 5.02 Å². The highest BCUT2D eigenvalue weighted by Crippen LogP contribution is 2.35. The predicted octanol–water partition coefficient (Wildman–Crippen LogP) is 4.87. The van der Waals surface area contributed by atoms with E-state index in [0.717, 1.165) is 40.8 Å². The molecule has 2 N–H and O–H groups in total. The Balaban J connectivity index is 2.06. The molecule has 0 fully saturated rings. The van der Waals surface area contributed by atoms with Crippen molar-refractivity contribution in [2.24, 2.45) is 0 Å². The molecule has 2 aromatic carbocycles. The number of benzene rings is 2. The zero-order valence-electron chi connectivity index (χ0n) is 13.6. The van der Waals surface area contributed by atoms with Gasteiger partial charge in [-0.25, -0.2) is 9.19 Å². The fourth-order valence-corrected chi connectivity index (χ4v) is 4.19. The van der Waals surface area contributed by atoms with E-state index in [1.807, 2.05) is 37.3 Å². The number of hydrogen-bond acceptors (Lipinski definition) is 2. The molecule has 132 valence electrons. The van der Waals surface area contributed by atoms with Crippen molar-refractivity contribution >= 4 is 45.3 Å². The highest BCUT2D eigenvalue weighted by atomic mass is 35.5. The number of aryl methyl sites for hydroxylation is 2. The molecule has 0 saturated heterocycles. The third-order valence-corrected chi connectivity index (χ3v) is 5.58. The van der Waals surface area contributed by atoms with E-state index in [2.05, 4.69) is 9.97 Å². The normalized spacial score (nSPS) is 13.9. The SMILES string of the molecule is CCc1nc2cc(Cl)c(C(c3ccc(CCCl)cc3)S(=O)O)cc2[nH]1. The smallest absolute Gasteiger partial charge is 0.165 e. The first-order chi connectivity index (χ1) is 12.0. The van der Waals surface area contributed by atoms with Crippen LogP contribution < -0.4 is 0 Å². The van der Waals surface area contributed by atoms with Gasteiger partial charge in [0.2, 0.25) is 0 Å². The topological polar surface area (TPSA) is 66.0 Å². The Hall–Kier alpha value is -1.40. The van der Waals surface area contributed by atoms with Gasteiger partial charge in [-0.2, -0.15) is 0 Å². The molecule has 0 radical (unpaired) electrons. The lowest BCUT2D eigenvalue weighted by molar-refractivity contribution is 0.557. The van der Waals surface area contributed by atoms with Crippen molar-refractivity contribution in [3.05, 3.63) is 63.9 Å². The van der Waals surface area contributed by atoms with Crippen molar-refractivity contribution in [1.29, 1.82) is 0 Å². The Morgan fingerprint density at radius 2 is 2.00 bits per heavy atom. The summed E-state index contributed by atoms with van der Waals surface area (Å²) < 4.78 is 22.0. The van der Waals surface area contributed by atoms with Gasteiger partial charge < -0.3 is 9.54 Å². The fourth-order valence-electron chi connectivity index (χ4n) is 2.84. The van der Waals surface area contributed by atoms with Crippen LogP contribution in [-0.4, -0.2) is 24.6 Å². The molecule has 7 heteroatoms. The number of aromatic nitrogens is 2. The molecular weight excluding hydrogens is 379 g/mol. The summed E-state index contributed by atoms with van der Waals surface area (Å²) in [4.78, 5) is 7.67. The summed E-state index contributed by atoms with van der Waals surface area (Å²) >= 11 is 10.1. The number of alkyl halides is 1. The second-order valence-corrected chi connectivity index (χ2v) is 7.57. The highest BCUT2D eigenvalue weighted by Gasteiger charge is 2.24. The summed E-state index contributed by atoms with van der Waals surface area (Å²) in [6, 6.07) is 11.1. The molecule has 0 aliphatic carbocycles. The molecule has 25 heavy (non-hydrogen) atoms. The minimum Gasteiger partial charge on any atom is -0.342 e. The molecule has 0 saturated carbocycles. The van der Waals surface area contributed by atoms with Gasteiger partial charge in [0.15, 0.2) is 11.1 Å². The summed E-state index contributed by atoms with van der Waals surface area (Å²) in [7, 11) is 0. The summed E-state index contributed by atoms with van der Waals surface area (Å²) in [6.07, 6.45) is 1.54. The maximum Gasteiger partial charge on any atom is 0.165 e. The molecule has 0 aliphatic heterocycles. The first-order valence-electron chi connectivity index (χ1n) is 7.96. The van der Waals surface area contributed by atoms with E-state index >= 15 is 0 Å². The number of hydrogen-bond donors (Lipinski definition) is 2. The van der Waals surface area contributed by atoms with Gasteiger partial charge in [-0.1, -0.05) is 42.8 Å². The number of H-pyrrole nitrogens is 1. The maximum atomic E-state index is 12.1. The Bertz CT molecular complexity index is 909. The molecule has 0 spiro atoms. The summed E-state index contributed by atoms with van der Waals surface area (Å²) in [5, 5.41) is -0.297. The van der Waals surface area contributed by atoms with Crippen LogP contribution in [0.25, 0.3) is 11.0 Å². The van der Waals surface area contributed by atoms with Gasteiger partial charge in [-0.15, -0.1) is 11.6 Å². The molecular formula is C18H18Cl2N2O2S. The molecule has 4 nitrogen and oxygen atoms in total. The highest BCUT2D eigenvalue weighted by molar-refractivity contribution is 7.79. The number of aromatic amines is 1. The molecule has 0 bridgehead atoms. The first-order valence-corrected chi connectivity index (χ1v) is 10.0. The van der Waals surface area contributed by atoms with Crippen molar-refractivity contribution in [1.82, 2.24) is 9.97 Å². The number of rotatable bonds is 6. The van der Waals surface area contributed by atoms with Gasteiger partial charge in [0, 0.05) is 17.3 Å². The van der Waals surface area contributed by atoms with Crippen LogP contribution in [0.5, 0.6) is 0 Å². The molecule has 0 amide bonds. The van der Waals surface area contributed by atoms with Crippen molar-refractivity contribution in [3.63, 3.8) is 0 Å². The molecule has 2 atom stereocenters. The van der Waals surface area contributed by atoms with Gasteiger partial charge in [0.25, 0.3) is 0 Å². The molecule has 1 aromatic heterocycles. The van der Waals surface area contributed by atoms with Crippen molar-refractivity contribution in [2.75, 3.05) is 5.88 Å². The quantitative estimate of drug-likeness (QED) is 0.461. The van der Waals surface area contributed by atoms with Crippen LogP contribution in [-0.2, 0) is 23.9 Å². The standard InChI is InChI=1S/C18H18Cl2N2O2S/c1-2-17-21-15-9-13(14(20)10-16(15)22-17)18(25(23)24)12-5-3-11(4-6-12)7-8-19/h3-6,9-10,18H,2,7-8H2,1H3,(H,21,22)(H,23,24). The van der Waals surface area contributed by atoms with Gasteiger partial charge in [0.1, 0.15) is 11.1 Å². The molecule has 3 aromatic rings. The van der Waals surface area contributed by atoms with Crippen LogP contribution in [0, 0.1) is 0 Å². The van der Waals surface area contributed by atoms with Crippen molar-refractivity contribution < 1.29 is 8.76 Å². The van der Waals surface area contributed by atoms with Crippen LogP contribution >= 0.6 is 23.2 Å². The molecule has 0 aliphatic rings. The van der Waals surface area contributed by atoms with E-state index in [-0.39, 0.29) is 0 Å². The lowest BCUT2D eigenvalue weighted by atomic mass is 10.0. The monoisotopic (exact) mass is 396 g/mol. The van der Waals surface area contributed by atoms with Crippen molar-refractivity contribution in [2.45, 2.75) is 25.0 Å². The van der Waals surface area contributed by atoms with E-state index in [9.17, 15) is 8.76 Å². The average Bonchev–Trinajstić information content (AvgIpc) is 2.98. The fraction of sp³-hybridized carbons (Fsp3) is 0.278. The summed E-state index contributed by atoms with van der Waals surface area (Å²) in [5.74, 6) is 1.40. The minimum atomic E-state index is -2.11. The third kappa shape index (κ3) is 3.90. The largest absolute Gasteiger partial charge is 0.342 e. The van der Waals surface area contributed by atoms with Crippen LogP contribution in [0.15, 0.2) is 36.4 Å². The van der Waals surface area contributed by atoms with Crippen LogP contribution in [0.3, 0.4) is 0 Å². The lowest BCUT2D eigenvalue weighted by Gasteiger charge is -2.16. The first kappa shape index (κ1) is 18.4. The maximum absolute atomic E-state index is 12.1. The number of nitrogens with zero attached hydrogens (tertiary/aromatic N) is 1. The number of imidazole rings is 1. The van der Waals surface area contributed by atoms with E-state index in [1.165, 1.54) is 0 Å². The number of halogens is 2.